The Balaban J connectivity index is 1.45. The van der Waals surface area contributed by atoms with Crippen LogP contribution in [0.1, 0.15) is 11.4 Å². The predicted octanol–water partition coefficient (Wildman–Crippen LogP) is 5.81. The number of nitrogens with zero attached hydrogens (tertiary/aromatic N) is 2. The van der Waals surface area contributed by atoms with Crippen molar-refractivity contribution < 1.29 is 4.74 Å². The minimum atomic E-state index is 0.778. The number of thiophene rings is 1. The number of aryl methyl sites for hydroxylation is 1. The number of fused-ring (bicyclic) bond motifs is 2. The molecule has 3 aromatic heterocycles. The van der Waals surface area contributed by atoms with Gasteiger partial charge in [0.05, 0.1) is 12.5 Å². The minimum absolute atomic E-state index is 0.778. The van der Waals surface area contributed by atoms with Gasteiger partial charge in [0.15, 0.2) is 0 Å². The van der Waals surface area contributed by atoms with E-state index in [9.17, 15) is 0 Å². The van der Waals surface area contributed by atoms with Crippen molar-refractivity contribution in [2.75, 3.05) is 19.0 Å². The molecule has 0 bridgehead atoms. The monoisotopic (exact) mass is 414 g/mol. The van der Waals surface area contributed by atoms with Crippen LogP contribution in [0.15, 0.2) is 60.1 Å². The van der Waals surface area contributed by atoms with Gasteiger partial charge in [-0.3, -0.25) is 0 Å². The van der Waals surface area contributed by atoms with Crippen molar-refractivity contribution in [2.45, 2.75) is 13.3 Å². The second-order valence-corrected chi connectivity index (χ2v) is 8.07. The van der Waals surface area contributed by atoms with Crippen LogP contribution in [0.5, 0.6) is 5.75 Å². The minimum Gasteiger partial charge on any atom is -0.497 e. The number of aromatic amines is 1. The molecule has 0 saturated heterocycles. The zero-order valence-corrected chi connectivity index (χ0v) is 17.7. The summed E-state index contributed by atoms with van der Waals surface area (Å²) in [4.78, 5) is 13.7. The molecule has 0 amide bonds. The molecule has 30 heavy (non-hydrogen) atoms. The van der Waals surface area contributed by atoms with E-state index in [0.717, 1.165) is 51.7 Å². The zero-order valence-electron chi connectivity index (χ0n) is 16.9. The molecule has 0 radical (unpaired) electrons. The van der Waals surface area contributed by atoms with Crippen molar-refractivity contribution in [3.8, 4) is 16.9 Å². The third-order valence-corrected chi connectivity index (χ3v) is 6.18. The summed E-state index contributed by atoms with van der Waals surface area (Å²) in [6, 6.07) is 16.5. The highest BCUT2D eigenvalue weighted by atomic mass is 32.1. The third kappa shape index (κ3) is 3.39. The number of nitrogens with one attached hydrogen (secondary N) is 2. The van der Waals surface area contributed by atoms with Crippen molar-refractivity contribution >= 4 is 38.3 Å². The van der Waals surface area contributed by atoms with Crippen molar-refractivity contribution in [2.24, 2.45) is 0 Å². The average molecular weight is 415 g/mol. The fourth-order valence-electron chi connectivity index (χ4n) is 3.81. The Morgan fingerprint density at radius 1 is 1.07 bits per heavy atom. The second-order valence-electron chi connectivity index (χ2n) is 7.21. The van der Waals surface area contributed by atoms with Gasteiger partial charge in [0.25, 0.3) is 0 Å². The Morgan fingerprint density at radius 3 is 2.73 bits per heavy atom. The first-order valence-electron chi connectivity index (χ1n) is 9.92. The van der Waals surface area contributed by atoms with Gasteiger partial charge in [0.1, 0.15) is 22.2 Å². The lowest BCUT2D eigenvalue weighted by molar-refractivity contribution is 0.415. The number of H-pyrrole nitrogens is 1. The molecule has 0 saturated carbocycles. The van der Waals surface area contributed by atoms with E-state index < -0.39 is 0 Å². The SMILES string of the molecule is COc1ccc(-c2csc3nc(C)nc(NCCc4c[nH]c5ccccc45)c23)cc1. The molecule has 0 aliphatic rings. The van der Waals surface area contributed by atoms with Gasteiger partial charge in [-0.15, -0.1) is 11.3 Å². The lowest BCUT2D eigenvalue weighted by Gasteiger charge is -2.10. The highest BCUT2D eigenvalue weighted by molar-refractivity contribution is 7.17. The van der Waals surface area contributed by atoms with Gasteiger partial charge >= 0.3 is 0 Å². The van der Waals surface area contributed by atoms with E-state index in [4.69, 9.17) is 9.72 Å². The Bertz CT molecular complexity index is 1320. The Labute approximate surface area is 178 Å². The first-order chi connectivity index (χ1) is 14.7. The van der Waals surface area contributed by atoms with Gasteiger partial charge in [0.2, 0.25) is 0 Å². The second kappa shape index (κ2) is 7.80. The third-order valence-electron chi connectivity index (χ3n) is 5.31. The maximum Gasteiger partial charge on any atom is 0.139 e. The smallest absolute Gasteiger partial charge is 0.139 e. The van der Waals surface area contributed by atoms with Crippen LogP contribution < -0.4 is 10.1 Å². The predicted molar refractivity (Wildman–Crippen MR) is 125 cm³/mol. The molecular formula is C24H22N4OS. The normalized spacial score (nSPS) is 11.3. The number of hydrogen-bond donors (Lipinski definition) is 2. The molecule has 0 aliphatic heterocycles. The summed E-state index contributed by atoms with van der Waals surface area (Å²) in [6.07, 6.45) is 3.01. The number of hydrogen-bond acceptors (Lipinski definition) is 5. The molecule has 3 heterocycles. The summed E-state index contributed by atoms with van der Waals surface area (Å²) >= 11 is 1.65. The molecule has 6 heteroatoms. The van der Waals surface area contributed by atoms with Crippen LogP contribution in [0, 0.1) is 6.92 Å². The van der Waals surface area contributed by atoms with Gasteiger partial charge in [-0.05, 0) is 42.7 Å². The maximum absolute atomic E-state index is 5.30. The first kappa shape index (κ1) is 18.6. The average Bonchev–Trinajstić information content (AvgIpc) is 3.38. The molecule has 150 valence electrons. The number of methoxy groups -OCH3 is 1. The molecule has 2 aromatic carbocycles. The molecule has 5 nitrogen and oxygen atoms in total. The fourth-order valence-corrected chi connectivity index (χ4v) is 4.81. The van der Waals surface area contributed by atoms with Crippen LogP contribution in [0.2, 0.25) is 0 Å². The largest absolute Gasteiger partial charge is 0.497 e. The van der Waals surface area contributed by atoms with Crippen molar-refractivity contribution in [3.63, 3.8) is 0 Å². The maximum atomic E-state index is 5.30. The summed E-state index contributed by atoms with van der Waals surface area (Å²) in [5, 5.41) is 8.08. The van der Waals surface area contributed by atoms with Crippen molar-refractivity contribution in [1.29, 1.82) is 0 Å². The van der Waals surface area contributed by atoms with Gasteiger partial charge in [0, 0.05) is 34.6 Å². The Hall–Kier alpha value is -3.38. The standard InChI is InChI=1S/C24H22N4OS/c1-15-27-23(25-12-11-17-13-26-21-6-4-3-5-19(17)21)22-20(14-30-24(22)28-15)16-7-9-18(29-2)10-8-16/h3-10,13-14,26H,11-12H2,1-2H3,(H,25,27,28). The molecule has 0 fully saturated rings. The quantitative estimate of drug-likeness (QED) is 0.368. The molecular weight excluding hydrogens is 392 g/mol. The highest BCUT2D eigenvalue weighted by Gasteiger charge is 2.14. The van der Waals surface area contributed by atoms with E-state index in [1.165, 1.54) is 16.5 Å². The van der Waals surface area contributed by atoms with E-state index in [1.807, 2.05) is 19.1 Å². The lowest BCUT2D eigenvalue weighted by atomic mass is 10.1. The summed E-state index contributed by atoms with van der Waals surface area (Å²) < 4.78 is 5.30. The van der Waals surface area contributed by atoms with Gasteiger partial charge in [-0.25, -0.2) is 9.97 Å². The number of rotatable bonds is 6. The van der Waals surface area contributed by atoms with E-state index in [-0.39, 0.29) is 0 Å². The number of aromatic nitrogens is 3. The number of para-hydroxylation sites is 1. The van der Waals surface area contributed by atoms with Crippen LogP contribution in [0.4, 0.5) is 5.82 Å². The van der Waals surface area contributed by atoms with E-state index in [1.54, 1.807) is 18.4 Å². The molecule has 0 spiro atoms. The van der Waals surface area contributed by atoms with Crippen LogP contribution >= 0.6 is 11.3 Å². The molecule has 0 atom stereocenters. The van der Waals surface area contributed by atoms with E-state index >= 15 is 0 Å². The first-order valence-corrected chi connectivity index (χ1v) is 10.8. The highest BCUT2D eigenvalue weighted by Crippen LogP contribution is 2.37. The summed E-state index contributed by atoms with van der Waals surface area (Å²) in [5.74, 6) is 2.52. The number of anilines is 1. The van der Waals surface area contributed by atoms with E-state index in [0.29, 0.717) is 0 Å². The molecule has 2 N–H and O–H groups in total. The van der Waals surface area contributed by atoms with Crippen LogP contribution in [0.3, 0.4) is 0 Å². The zero-order chi connectivity index (χ0) is 20.5. The van der Waals surface area contributed by atoms with Crippen molar-refractivity contribution in [3.05, 3.63) is 71.5 Å². The Kier molecular flexibility index (Phi) is 4.85. The van der Waals surface area contributed by atoms with Gasteiger partial charge in [-0.2, -0.15) is 0 Å². The van der Waals surface area contributed by atoms with Gasteiger partial charge < -0.3 is 15.0 Å². The number of benzene rings is 2. The lowest BCUT2D eigenvalue weighted by Crippen LogP contribution is -2.07. The fraction of sp³-hybridized carbons (Fsp3) is 0.167. The molecule has 5 aromatic rings. The summed E-state index contributed by atoms with van der Waals surface area (Å²) in [6.45, 7) is 2.74. The van der Waals surface area contributed by atoms with Crippen LogP contribution in [-0.4, -0.2) is 28.6 Å². The summed E-state index contributed by atoms with van der Waals surface area (Å²) in [5.41, 5.74) is 4.76. The van der Waals surface area contributed by atoms with E-state index in [2.05, 4.69) is 63.3 Å². The van der Waals surface area contributed by atoms with Crippen LogP contribution in [0.25, 0.3) is 32.2 Å². The van der Waals surface area contributed by atoms with Crippen molar-refractivity contribution in [1.82, 2.24) is 15.0 Å². The molecule has 0 aliphatic carbocycles. The topological polar surface area (TPSA) is 62.8 Å². The van der Waals surface area contributed by atoms with Gasteiger partial charge in [-0.1, -0.05) is 30.3 Å². The molecule has 0 unspecified atom stereocenters. The molecule has 5 rings (SSSR count). The van der Waals surface area contributed by atoms with Crippen LogP contribution in [-0.2, 0) is 6.42 Å². The summed E-state index contributed by atoms with van der Waals surface area (Å²) in [7, 11) is 1.68. The Morgan fingerprint density at radius 2 is 1.90 bits per heavy atom. The number of ether oxygens (including phenoxy) is 1.